The SMILES string of the molecule is C=CCNCc1cc(Br)ccc1OCC(=O)NC(C)(C)C.Cl. The molecular weight excluding hydrogens is 368 g/mol. The number of carbonyl (C=O) groups excluding carboxylic acids is 1. The van der Waals surface area contributed by atoms with Gasteiger partial charge in [-0.3, -0.25) is 4.79 Å². The van der Waals surface area contributed by atoms with Crippen LogP contribution in [0.15, 0.2) is 35.3 Å². The van der Waals surface area contributed by atoms with E-state index < -0.39 is 0 Å². The Morgan fingerprint density at radius 1 is 1.41 bits per heavy atom. The number of benzene rings is 1. The van der Waals surface area contributed by atoms with E-state index in [2.05, 4.69) is 33.1 Å². The third kappa shape index (κ3) is 8.41. The first-order valence-electron chi connectivity index (χ1n) is 6.85. The maximum absolute atomic E-state index is 11.8. The van der Waals surface area contributed by atoms with Gasteiger partial charge in [0.25, 0.3) is 5.91 Å². The molecule has 0 bridgehead atoms. The first-order valence-corrected chi connectivity index (χ1v) is 7.65. The second-order valence-corrected chi connectivity index (χ2v) is 6.67. The van der Waals surface area contributed by atoms with Crippen LogP contribution in [-0.2, 0) is 11.3 Å². The first kappa shape index (κ1) is 21.0. The molecule has 124 valence electrons. The number of nitrogens with one attached hydrogen (secondary N) is 2. The van der Waals surface area contributed by atoms with Crippen LogP contribution in [0.3, 0.4) is 0 Å². The number of amides is 1. The highest BCUT2D eigenvalue weighted by atomic mass is 79.9. The van der Waals surface area contributed by atoms with Crippen molar-refractivity contribution < 1.29 is 9.53 Å². The van der Waals surface area contributed by atoms with Crippen molar-refractivity contribution in [1.82, 2.24) is 10.6 Å². The van der Waals surface area contributed by atoms with E-state index in [9.17, 15) is 4.79 Å². The molecule has 1 amide bonds. The number of hydrogen-bond donors (Lipinski definition) is 2. The average molecular weight is 392 g/mol. The summed E-state index contributed by atoms with van der Waals surface area (Å²) < 4.78 is 6.61. The van der Waals surface area contributed by atoms with Crippen molar-refractivity contribution in [1.29, 1.82) is 0 Å². The topological polar surface area (TPSA) is 50.4 Å². The van der Waals surface area contributed by atoms with E-state index in [1.165, 1.54) is 0 Å². The van der Waals surface area contributed by atoms with Crippen molar-refractivity contribution in [2.75, 3.05) is 13.2 Å². The highest BCUT2D eigenvalue weighted by Crippen LogP contribution is 2.23. The van der Waals surface area contributed by atoms with Crippen LogP contribution in [-0.4, -0.2) is 24.6 Å². The van der Waals surface area contributed by atoms with Crippen LogP contribution < -0.4 is 15.4 Å². The van der Waals surface area contributed by atoms with Crippen LogP contribution in [0, 0.1) is 0 Å². The first-order chi connectivity index (χ1) is 9.81. The van der Waals surface area contributed by atoms with Crippen molar-refractivity contribution in [2.45, 2.75) is 32.9 Å². The van der Waals surface area contributed by atoms with Gasteiger partial charge >= 0.3 is 0 Å². The number of ether oxygens (including phenoxy) is 1. The van der Waals surface area contributed by atoms with E-state index in [0.29, 0.717) is 12.3 Å². The Balaban J connectivity index is 0.00000441. The molecule has 1 rings (SSSR count). The third-order valence-electron chi connectivity index (χ3n) is 2.50. The van der Waals surface area contributed by atoms with E-state index in [1.807, 2.05) is 39.0 Å². The number of halogens is 2. The largest absolute Gasteiger partial charge is 0.483 e. The molecule has 0 aromatic heterocycles. The minimum atomic E-state index is -0.255. The second kappa shape index (κ2) is 9.87. The fourth-order valence-electron chi connectivity index (χ4n) is 1.73. The van der Waals surface area contributed by atoms with Gasteiger partial charge in [0, 0.05) is 28.7 Å². The highest BCUT2D eigenvalue weighted by Gasteiger charge is 2.14. The molecule has 0 saturated carbocycles. The van der Waals surface area contributed by atoms with Crippen LogP contribution in [0.4, 0.5) is 0 Å². The molecule has 1 aromatic carbocycles. The molecule has 6 heteroatoms. The van der Waals surface area contributed by atoms with Crippen LogP contribution in [0.5, 0.6) is 5.75 Å². The molecule has 0 saturated heterocycles. The summed E-state index contributed by atoms with van der Waals surface area (Å²) in [6.07, 6.45) is 1.80. The molecule has 0 spiro atoms. The molecule has 0 heterocycles. The molecule has 22 heavy (non-hydrogen) atoms. The fraction of sp³-hybridized carbons (Fsp3) is 0.438. The molecule has 1 aromatic rings. The van der Waals surface area contributed by atoms with Gasteiger partial charge in [0.1, 0.15) is 5.75 Å². The van der Waals surface area contributed by atoms with Gasteiger partial charge in [0.2, 0.25) is 0 Å². The predicted molar refractivity (Wildman–Crippen MR) is 96.7 cm³/mol. The molecule has 0 unspecified atom stereocenters. The van der Waals surface area contributed by atoms with Gasteiger partial charge in [0.05, 0.1) is 0 Å². The normalized spacial score (nSPS) is 10.5. The molecular formula is C16H24BrClN2O2. The fourth-order valence-corrected chi connectivity index (χ4v) is 2.14. The number of carbonyl (C=O) groups is 1. The molecule has 0 atom stereocenters. The summed E-state index contributed by atoms with van der Waals surface area (Å²) in [5.41, 5.74) is 0.740. The van der Waals surface area contributed by atoms with E-state index >= 15 is 0 Å². The van der Waals surface area contributed by atoms with Crippen molar-refractivity contribution in [3.63, 3.8) is 0 Å². The quantitative estimate of drug-likeness (QED) is 0.553. The zero-order valence-electron chi connectivity index (χ0n) is 13.2. The van der Waals surface area contributed by atoms with Crippen molar-refractivity contribution in [3.8, 4) is 5.75 Å². The van der Waals surface area contributed by atoms with E-state index in [4.69, 9.17) is 4.74 Å². The molecule has 0 fully saturated rings. The van der Waals surface area contributed by atoms with E-state index in [0.717, 1.165) is 16.6 Å². The number of hydrogen-bond acceptors (Lipinski definition) is 3. The van der Waals surface area contributed by atoms with Gasteiger partial charge in [0.15, 0.2) is 6.61 Å². The lowest BCUT2D eigenvalue weighted by Gasteiger charge is -2.21. The second-order valence-electron chi connectivity index (χ2n) is 5.76. The Morgan fingerprint density at radius 3 is 2.68 bits per heavy atom. The van der Waals surface area contributed by atoms with Gasteiger partial charge in [-0.25, -0.2) is 0 Å². The molecule has 0 aliphatic heterocycles. The third-order valence-corrected chi connectivity index (χ3v) is 2.99. The minimum absolute atomic E-state index is 0. The Labute approximate surface area is 147 Å². The lowest BCUT2D eigenvalue weighted by Crippen LogP contribution is -2.43. The van der Waals surface area contributed by atoms with Crippen molar-refractivity contribution in [3.05, 3.63) is 40.9 Å². The summed E-state index contributed by atoms with van der Waals surface area (Å²) in [5.74, 6) is 0.578. The zero-order valence-corrected chi connectivity index (χ0v) is 15.6. The Morgan fingerprint density at radius 2 is 2.09 bits per heavy atom. The molecule has 0 radical (unpaired) electrons. The summed E-state index contributed by atoms with van der Waals surface area (Å²) in [6, 6.07) is 5.74. The Bertz CT molecular complexity index is 501. The van der Waals surface area contributed by atoms with Crippen molar-refractivity contribution >= 4 is 34.2 Å². The summed E-state index contributed by atoms with van der Waals surface area (Å²) in [7, 11) is 0. The molecule has 0 aliphatic carbocycles. The zero-order chi connectivity index (χ0) is 15.9. The van der Waals surface area contributed by atoms with Crippen LogP contribution in [0.1, 0.15) is 26.3 Å². The van der Waals surface area contributed by atoms with Crippen molar-refractivity contribution in [2.24, 2.45) is 0 Å². The average Bonchev–Trinajstić information content (AvgIpc) is 2.36. The number of rotatable bonds is 7. The summed E-state index contributed by atoms with van der Waals surface area (Å²) >= 11 is 3.44. The van der Waals surface area contributed by atoms with Crippen LogP contribution in [0.25, 0.3) is 0 Å². The standard InChI is InChI=1S/C16H23BrN2O2.ClH/c1-5-8-18-10-12-9-13(17)6-7-14(12)21-11-15(20)19-16(2,3)4;/h5-7,9,18H,1,8,10-11H2,2-4H3,(H,19,20);1H. The predicted octanol–water partition coefficient (Wildman–Crippen LogP) is 3.44. The van der Waals surface area contributed by atoms with Crippen LogP contribution >= 0.6 is 28.3 Å². The highest BCUT2D eigenvalue weighted by molar-refractivity contribution is 9.10. The van der Waals surface area contributed by atoms with Gasteiger partial charge in [-0.15, -0.1) is 19.0 Å². The molecule has 4 nitrogen and oxygen atoms in total. The smallest absolute Gasteiger partial charge is 0.258 e. The van der Waals surface area contributed by atoms with Gasteiger partial charge in [-0.2, -0.15) is 0 Å². The van der Waals surface area contributed by atoms with Crippen LogP contribution in [0.2, 0.25) is 0 Å². The summed E-state index contributed by atoms with van der Waals surface area (Å²) in [4.78, 5) is 11.8. The molecule has 0 aliphatic rings. The maximum atomic E-state index is 11.8. The van der Waals surface area contributed by atoms with Gasteiger partial charge < -0.3 is 15.4 Å². The lowest BCUT2D eigenvalue weighted by atomic mass is 10.1. The molecule has 2 N–H and O–H groups in total. The summed E-state index contributed by atoms with van der Waals surface area (Å²) in [5, 5.41) is 6.10. The lowest BCUT2D eigenvalue weighted by molar-refractivity contribution is -0.124. The van der Waals surface area contributed by atoms with E-state index in [1.54, 1.807) is 6.08 Å². The van der Waals surface area contributed by atoms with Gasteiger partial charge in [-0.1, -0.05) is 22.0 Å². The minimum Gasteiger partial charge on any atom is -0.483 e. The maximum Gasteiger partial charge on any atom is 0.258 e. The van der Waals surface area contributed by atoms with E-state index in [-0.39, 0.29) is 30.5 Å². The Kier molecular flexibility index (Phi) is 9.41. The van der Waals surface area contributed by atoms with Gasteiger partial charge in [-0.05, 0) is 39.0 Å². The monoisotopic (exact) mass is 390 g/mol. The summed E-state index contributed by atoms with van der Waals surface area (Å²) in [6.45, 7) is 10.9. The Hall–Kier alpha value is -1.04.